The molecule has 1 heterocycles. The number of benzene rings is 2. The van der Waals surface area contributed by atoms with Gasteiger partial charge in [0.25, 0.3) is 0 Å². The van der Waals surface area contributed by atoms with Gasteiger partial charge in [-0.2, -0.15) is 0 Å². The van der Waals surface area contributed by atoms with E-state index >= 15 is 0 Å². The topological polar surface area (TPSA) is 27.7 Å². The van der Waals surface area contributed by atoms with Gasteiger partial charge in [0.05, 0.1) is 18.3 Å². The molecule has 1 aliphatic heterocycles. The summed E-state index contributed by atoms with van der Waals surface area (Å²) in [5.41, 5.74) is 1.02. The molecule has 1 aliphatic rings. The van der Waals surface area contributed by atoms with Crippen molar-refractivity contribution in [3.8, 4) is 0 Å². The van der Waals surface area contributed by atoms with Crippen LogP contribution in [0.1, 0.15) is 25.3 Å². The van der Waals surface area contributed by atoms with Gasteiger partial charge in [0.2, 0.25) is 0 Å². The number of hydrogen-bond donors (Lipinski definition) is 0. The van der Waals surface area contributed by atoms with Gasteiger partial charge in [-0.3, -0.25) is 0 Å². The minimum atomic E-state index is -0.199. The summed E-state index contributed by atoms with van der Waals surface area (Å²) in [5, 5.41) is 2.51. The number of fused-ring (bicyclic) bond motifs is 1. The van der Waals surface area contributed by atoms with Crippen molar-refractivity contribution in [2.75, 3.05) is 20.3 Å². The van der Waals surface area contributed by atoms with Crippen LogP contribution in [0.5, 0.6) is 0 Å². The third-order valence-corrected chi connectivity index (χ3v) is 4.80. The van der Waals surface area contributed by atoms with Crippen LogP contribution in [0.15, 0.2) is 54.6 Å². The fraction of sp³-hybridized carbons (Fsp3) is 0.429. The molecule has 0 N–H and O–H groups in total. The van der Waals surface area contributed by atoms with Gasteiger partial charge in [0, 0.05) is 33.2 Å². The highest BCUT2D eigenvalue weighted by Gasteiger charge is 2.29. The van der Waals surface area contributed by atoms with Crippen LogP contribution in [0.4, 0.5) is 0 Å². The number of rotatable bonds is 6. The Balaban J connectivity index is 1.62. The van der Waals surface area contributed by atoms with Crippen molar-refractivity contribution in [2.45, 2.75) is 38.1 Å². The van der Waals surface area contributed by atoms with E-state index in [9.17, 15) is 0 Å². The summed E-state index contributed by atoms with van der Waals surface area (Å²) in [6.07, 6.45) is 6.11. The molecule has 1 saturated heterocycles. The maximum Gasteiger partial charge on any atom is 0.0903 e. The van der Waals surface area contributed by atoms with E-state index in [1.807, 2.05) is 0 Å². The minimum Gasteiger partial charge on any atom is -0.381 e. The van der Waals surface area contributed by atoms with E-state index < -0.39 is 0 Å². The van der Waals surface area contributed by atoms with Crippen molar-refractivity contribution in [2.24, 2.45) is 0 Å². The first-order valence-corrected chi connectivity index (χ1v) is 8.63. The lowest BCUT2D eigenvalue weighted by atomic mass is 9.93. The lowest BCUT2D eigenvalue weighted by molar-refractivity contribution is -0.0593. The zero-order valence-corrected chi connectivity index (χ0v) is 14.5. The Morgan fingerprint density at radius 1 is 1.12 bits per heavy atom. The molecule has 2 aromatic rings. The van der Waals surface area contributed by atoms with Crippen molar-refractivity contribution in [3.63, 3.8) is 0 Å². The van der Waals surface area contributed by atoms with Crippen LogP contribution >= 0.6 is 0 Å². The largest absolute Gasteiger partial charge is 0.381 e. The van der Waals surface area contributed by atoms with Crippen molar-refractivity contribution in [1.29, 1.82) is 0 Å². The molecule has 1 unspecified atom stereocenters. The van der Waals surface area contributed by atoms with Crippen molar-refractivity contribution in [1.82, 2.24) is 0 Å². The molecular weight excluding hydrogens is 300 g/mol. The van der Waals surface area contributed by atoms with Gasteiger partial charge < -0.3 is 14.2 Å². The normalized spacial score (nSPS) is 18.9. The van der Waals surface area contributed by atoms with Crippen molar-refractivity contribution < 1.29 is 14.2 Å². The van der Waals surface area contributed by atoms with E-state index in [4.69, 9.17) is 14.2 Å². The van der Waals surface area contributed by atoms with E-state index in [-0.39, 0.29) is 11.7 Å². The van der Waals surface area contributed by atoms with Crippen LogP contribution in [0.2, 0.25) is 0 Å². The predicted octanol–water partition coefficient (Wildman–Crippen LogP) is 4.50. The van der Waals surface area contributed by atoms with Gasteiger partial charge >= 0.3 is 0 Å². The Morgan fingerprint density at radius 2 is 1.88 bits per heavy atom. The molecule has 1 fully saturated rings. The molecule has 2 aromatic carbocycles. The SMILES string of the molecule is COC1(C=CC(C)OCc2cccc3ccccc23)CCOCC1. The highest BCUT2D eigenvalue weighted by Crippen LogP contribution is 2.26. The molecule has 24 heavy (non-hydrogen) atoms. The van der Waals surface area contributed by atoms with Crippen LogP contribution in [-0.4, -0.2) is 32.0 Å². The summed E-state index contributed by atoms with van der Waals surface area (Å²) < 4.78 is 17.2. The Morgan fingerprint density at radius 3 is 2.67 bits per heavy atom. The van der Waals surface area contributed by atoms with Crippen LogP contribution < -0.4 is 0 Å². The first-order chi connectivity index (χ1) is 11.7. The molecule has 3 rings (SSSR count). The van der Waals surface area contributed by atoms with Gasteiger partial charge in [-0.05, 0) is 23.3 Å². The highest BCUT2D eigenvalue weighted by atomic mass is 16.5. The molecule has 0 amide bonds. The van der Waals surface area contributed by atoms with E-state index in [1.54, 1.807) is 7.11 Å². The van der Waals surface area contributed by atoms with E-state index in [1.165, 1.54) is 16.3 Å². The molecule has 3 heteroatoms. The minimum absolute atomic E-state index is 0.0406. The van der Waals surface area contributed by atoms with Crippen molar-refractivity contribution in [3.05, 3.63) is 60.2 Å². The second-order valence-corrected chi connectivity index (χ2v) is 6.39. The fourth-order valence-electron chi connectivity index (χ4n) is 3.16. The van der Waals surface area contributed by atoms with E-state index in [2.05, 4.69) is 61.5 Å². The number of methoxy groups -OCH3 is 1. The maximum absolute atomic E-state index is 6.04. The number of ether oxygens (including phenoxy) is 3. The van der Waals surface area contributed by atoms with E-state index in [0.29, 0.717) is 6.61 Å². The summed E-state index contributed by atoms with van der Waals surface area (Å²) in [6.45, 7) is 4.19. The van der Waals surface area contributed by atoms with Gasteiger partial charge in [-0.25, -0.2) is 0 Å². The quantitative estimate of drug-likeness (QED) is 0.732. The molecule has 3 nitrogen and oxygen atoms in total. The molecule has 0 radical (unpaired) electrons. The Bertz CT molecular complexity index is 681. The van der Waals surface area contributed by atoms with Gasteiger partial charge in [0.15, 0.2) is 0 Å². The zero-order chi connectivity index (χ0) is 16.8. The van der Waals surface area contributed by atoms with Crippen LogP contribution in [0.3, 0.4) is 0 Å². The third kappa shape index (κ3) is 4.04. The third-order valence-electron chi connectivity index (χ3n) is 4.80. The molecule has 0 bridgehead atoms. The highest BCUT2D eigenvalue weighted by molar-refractivity contribution is 5.85. The average molecular weight is 326 g/mol. The van der Waals surface area contributed by atoms with Gasteiger partial charge in [-0.1, -0.05) is 54.6 Å². The molecule has 0 spiro atoms. The Kier molecular flexibility index (Phi) is 5.67. The first-order valence-electron chi connectivity index (χ1n) is 8.63. The fourth-order valence-corrected chi connectivity index (χ4v) is 3.16. The monoisotopic (exact) mass is 326 g/mol. The van der Waals surface area contributed by atoms with Gasteiger partial charge in [-0.15, -0.1) is 0 Å². The summed E-state index contributed by atoms with van der Waals surface area (Å²) in [7, 11) is 1.78. The van der Waals surface area contributed by atoms with E-state index in [0.717, 1.165) is 26.1 Å². The molecule has 0 aliphatic carbocycles. The van der Waals surface area contributed by atoms with Crippen LogP contribution in [0.25, 0.3) is 10.8 Å². The van der Waals surface area contributed by atoms with Crippen LogP contribution in [0, 0.1) is 0 Å². The molecule has 0 aromatic heterocycles. The molecule has 128 valence electrons. The zero-order valence-electron chi connectivity index (χ0n) is 14.5. The predicted molar refractivity (Wildman–Crippen MR) is 97.1 cm³/mol. The summed E-state index contributed by atoms with van der Waals surface area (Å²) in [4.78, 5) is 0. The Hall–Kier alpha value is -1.68. The molecular formula is C21H26O3. The second-order valence-electron chi connectivity index (χ2n) is 6.39. The van der Waals surface area contributed by atoms with Crippen molar-refractivity contribution >= 4 is 10.8 Å². The lowest BCUT2D eigenvalue weighted by Gasteiger charge is -2.33. The second kappa shape index (κ2) is 7.93. The van der Waals surface area contributed by atoms with Gasteiger partial charge in [0.1, 0.15) is 0 Å². The Labute approximate surface area is 144 Å². The average Bonchev–Trinajstić information content (AvgIpc) is 2.65. The summed E-state index contributed by atoms with van der Waals surface area (Å²) in [5.74, 6) is 0. The smallest absolute Gasteiger partial charge is 0.0903 e. The first kappa shape index (κ1) is 17.2. The molecule has 1 atom stereocenters. The standard InChI is InChI=1S/C21H26O3/c1-17(10-11-21(22-2)12-14-23-15-13-21)24-16-19-8-5-7-18-6-3-4-9-20(18)19/h3-11,17H,12-16H2,1-2H3. The lowest BCUT2D eigenvalue weighted by Crippen LogP contribution is -2.36. The number of hydrogen-bond acceptors (Lipinski definition) is 3. The maximum atomic E-state index is 6.04. The molecule has 0 saturated carbocycles. The van der Waals surface area contributed by atoms with Crippen LogP contribution in [-0.2, 0) is 20.8 Å². The summed E-state index contributed by atoms with van der Waals surface area (Å²) >= 11 is 0. The summed E-state index contributed by atoms with van der Waals surface area (Å²) in [6, 6.07) is 14.8.